The van der Waals surface area contributed by atoms with Crippen molar-refractivity contribution in [2.24, 2.45) is 5.92 Å². The van der Waals surface area contributed by atoms with Crippen LogP contribution in [0.2, 0.25) is 0 Å². The Labute approximate surface area is 55.8 Å². The zero-order valence-corrected chi connectivity index (χ0v) is 5.68. The Hall–Kier alpha value is -0.0800. The maximum absolute atomic E-state index is 8.56. The minimum absolute atomic E-state index is 0.314. The van der Waals surface area contributed by atoms with Crippen LogP contribution in [-0.4, -0.2) is 24.9 Å². The van der Waals surface area contributed by atoms with Crippen LogP contribution in [0.25, 0.3) is 0 Å². The maximum atomic E-state index is 8.56. The predicted molar refractivity (Wildman–Crippen MR) is 35.2 cm³/mol. The molecule has 0 bridgehead atoms. The van der Waals surface area contributed by atoms with Gasteiger partial charge in [0.15, 0.2) is 0 Å². The molecule has 1 saturated heterocycles. The summed E-state index contributed by atoms with van der Waals surface area (Å²) in [6.07, 6.45) is 3.32. The Bertz CT molecular complexity index is 64.6. The zero-order chi connectivity index (χ0) is 6.53. The molecule has 1 N–H and O–H groups in total. The van der Waals surface area contributed by atoms with Gasteiger partial charge in [0.1, 0.15) is 0 Å². The van der Waals surface area contributed by atoms with E-state index in [1.807, 2.05) is 0 Å². The van der Waals surface area contributed by atoms with Crippen molar-refractivity contribution in [3.63, 3.8) is 0 Å². The second-order valence-corrected chi connectivity index (χ2v) is 2.60. The summed E-state index contributed by atoms with van der Waals surface area (Å²) in [4.78, 5) is 0. The number of rotatable bonds is 2. The van der Waals surface area contributed by atoms with Crippen molar-refractivity contribution in [2.75, 3.05) is 19.8 Å². The van der Waals surface area contributed by atoms with E-state index in [1.54, 1.807) is 0 Å². The third-order valence-electron chi connectivity index (χ3n) is 1.79. The normalized spacial score (nSPS) is 28.3. The van der Waals surface area contributed by atoms with Crippen molar-refractivity contribution < 1.29 is 9.84 Å². The molecule has 0 saturated carbocycles. The van der Waals surface area contributed by atoms with Gasteiger partial charge in [0.05, 0.1) is 0 Å². The summed E-state index contributed by atoms with van der Waals surface area (Å²) in [5, 5.41) is 8.56. The van der Waals surface area contributed by atoms with Gasteiger partial charge in [0, 0.05) is 19.8 Å². The third kappa shape index (κ3) is 2.33. The number of aliphatic hydroxyl groups excluding tert-OH is 1. The molecule has 1 unspecified atom stereocenters. The fourth-order valence-corrected chi connectivity index (χ4v) is 1.22. The number of aliphatic hydroxyl groups is 1. The molecule has 0 aromatic heterocycles. The van der Waals surface area contributed by atoms with Gasteiger partial charge in [0.2, 0.25) is 0 Å². The van der Waals surface area contributed by atoms with Crippen molar-refractivity contribution in [3.05, 3.63) is 0 Å². The van der Waals surface area contributed by atoms with Crippen LogP contribution in [0.5, 0.6) is 0 Å². The van der Waals surface area contributed by atoms with Crippen LogP contribution < -0.4 is 0 Å². The molecule has 1 heterocycles. The first-order chi connectivity index (χ1) is 4.43. The van der Waals surface area contributed by atoms with E-state index in [0.29, 0.717) is 12.5 Å². The molecule has 0 aromatic rings. The van der Waals surface area contributed by atoms with Crippen molar-refractivity contribution in [1.29, 1.82) is 0 Å². The van der Waals surface area contributed by atoms with Crippen LogP contribution >= 0.6 is 0 Å². The lowest BCUT2D eigenvalue weighted by Crippen LogP contribution is -2.17. The summed E-state index contributed by atoms with van der Waals surface area (Å²) < 4.78 is 5.22. The molecule has 1 fully saturated rings. The standard InChI is InChI=1S/C7H14O2/c8-4-3-7-2-1-5-9-6-7/h7-8H,1-6H2. The van der Waals surface area contributed by atoms with Gasteiger partial charge >= 0.3 is 0 Å². The molecule has 1 atom stereocenters. The summed E-state index contributed by atoms with van der Waals surface area (Å²) >= 11 is 0. The molecule has 0 spiro atoms. The van der Waals surface area contributed by atoms with Gasteiger partial charge in [-0.25, -0.2) is 0 Å². The Balaban J connectivity index is 2.08. The molecular formula is C7H14O2. The molecule has 2 nitrogen and oxygen atoms in total. The molecule has 9 heavy (non-hydrogen) atoms. The average Bonchev–Trinajstić information content (AvgIpc) is 1.91. The molecule has 0 radical (unpaired) electrons. The van der Waals surface area contributed by atoms with E-state index >= 15 is 0 Å². The van der Waals surface area contributed by atoms with Gasteiger partial charge < -0.3 is 9.84 Å². The Morgan fingerprint density at radius 1 is 1.56 bits per heavy atom. The highest BCUT2D eigenvalue weighted by molar-refractivity contribution is 4.61. The van der Waals surface area contributed by atoms with Gasteiger partial charge in [-0.3, -0.25) is 0 Å². The molecule has 1 aliphatic heterocycles. The highest BCUT2D eigenvalue weighted by Gasteiger charge is 2.11. The van der Waals surface area contributed by atoms with Crippen LogP contribution in [0.3, 0.4) is 0 Å². The Kier molecular flexibility index (Phi) is 3.01. The van der Waals surface area contributed by atoms with E-state index in [4.69, 9.17) is 9.84 Å². The summed E-state index contributed by atoms with van der Waals surface area (Å²) in [6.45, 7) is 2.09. The van der Waals surface area contributed by atoms with Gasteiger partial charge in [-0.15, -0.1) is 0 Å². The molecule has 0 aliphatic carbocycles. The van der Waals surface area contributed by atoms with Gasteiger partial charge in [-0.2, -0.15) is 0 Å². The SMILES string of the molecule is OCCC1CCCOC1. The summed E-state index contributed by atoms with van der Waals surface area (Å²) in [7, 11) is 0. The second kappa shape index (κ2) is 3.85. The topological polar surface area (TPSA) is 29.5 Å². The second-order valence-electron chi connectivity index (χ2n) is 2.60. The highest BCUT2D eigenvalue weighted by atomic mass is 16.5. The lowest BCUT2D eigenvalue weighted by Gasteiger charge is -2.20. The predicted octanol–water partition coefficient (Wildman–Crippen LogP) is 0.795. The quantitative estimate of drug-likeness (QED) is 0.599. The first-order valence-corrected chi connectivity index (χ1v) is 3.62. The van der Waals surface area contributed by atoms with E-state index < -0.39 is 0 Å². The minimum atomic E-state index is 0.314. The Morgan fingerprint density at radius 2 is 2.44 bits per heavy atom. The monoisotopic (exact) mass is 130 g/mol. The average molecular weight is 130 g/mol. The fraction of sp³-hybridized carbons (Fsp3) is 1.00. The molecule has 54 valence electrons. The van der Waals surface area contributed by atoms with Crippen molar-refractivity contribution >= 4 is 0 Å². The number of ether oxygens (including phenoxy) is 1. The lowest BCUT2D eigenvalue weighted by molar-refractivity contribution is 0.0447. The van der Waals surface area contributed by atoms with Gasteiger partial charge in [-0.05, 0) is 25.2 Å². The zero-order valence-electron chi connectivity index (χ0n) is 5.68. The maximum Gasteiger partial charge on any atom is 0.0495 e. The van der Waals surface area contributed by atoms with E-state index in [1.165, 1.54) is 12.8 Å². The van der Waals surface area contributed by atoms with Crippen LogP contribution in [0, 0.1) is 5.92 Å². The summed E-state index contributed by atoms with van der Waals surface area (Å²) in [5.74, 6) is 0.628. The molecule has 0 aromatic carbocycles. The fourth-order valence-electron chi connectivity index (χ4n) is 1.22. The van der Waals surface area contributed by atoms with Crippen molar-refractivity contribution in [3.8, 4) is 0 Å². The minimum Gasteiger partial charge on any atom is -0.396 e. The van der Waals surface area contributed by atoms with E-state index in [0.717, 1.165) is 19.6 Å². The van der Waals surface area contributed by atoms with E-state index in [9.17, 15) is 0 Å². The summed E-state index contributed by atoms with van der Waals surface area (Å²) in [5.41, 5.74) is 0. The van der Waals surface area contributed by atoms with Crippen LogP contribution in [0.15, 0.2) is 0 Å². The lowest BCUT2D eigenvalue weighted by atomic mass is 9.99. The number of hydrogen-bond donors (Lipinski definition) is 1. The van der Waals surface area contributed by atoms with Crippen LogP contribution in [0.4, 0.5) is 0 Å². The molecule has 2 heteroatoms. The van der Waals surface area contributed by atoms with Crippen molar-refractivity contribution in [2.45, 2.75) is 19.3 Å². The molecular weight excluding hydrogens is 116 g/mol. The number of hydrogen-bond acceptors (Lipinski definition) is 2. The Morgan fingerprint density at radius 3 is 3.00 bits per heavy atom. The van der Waals surface area contributed by atoms with Crippen molar-refractivity contribution in [1.82, 2.24) is 0 Å². The first kappa shape index (κ1) is 7.03. The van der Waals surface area contributed by atoms with Gasteiger partial charge in [-0.1, -0.05) is 0 Å². The molecule has 0 amide bonds. The highest BCUT2D eigenvalue weighted by Crippen LogP contribution is 2.15. The molecule has 1 rings (SSSR count). The smallest absolute Gasteiger partial charge is 0.0495 e. The summed E-state index contributed by atoms with van der Waals surface area (Å²) in [6, 6.07) is 0. The molecule has 1 aliphatic rings. The van der Waals surface area contributed by atoms with Crippen LogP contribution in [0.1, 0.15) is 19.3 Å². The van der Waals surface area contributed by atoms with Gasteiger partial charge in [0.25, 0.3) is 0 Å². The van der Waals surface area contributed by atoms with Crippen LogP contribution in [-0.2, 0) is 4.74 Å². The van der Waals surface area contributed by atoms with E-state index in [2.05, 4.69) is 0 Å². The largest absolute Gasteiger partial charge is 0.396 e. The third-order valence-corrected chi connectivity index (χ3v) is 1.79. The first-order valence-electron chi connectivity index (χ1n) is 3.62. The van der Waals surface area contributed by atoms with E-state index in [-0.39, 0.29) is 0 Å².